The van der Waals surface area contributed by atoms with Crippen LogP contribution in [0.4, 0.5) is 0 Å². The van der Waals surface area contributed by atoms with Crippen molar-refractivity contribution in [2.45, 2.75) is 57.9 Å². The van der Waals surface area contributed by atoms with Gasteiger partial charge in [0.05, 0.1) is 0 Å². The van der Waals surface area contributed by atoms with Crippen LogP contribution >= 0.6 is 0 Å². The summed E-state index contributed by atoms with van der Waals surface area (Å²) in [6.45, 7) is 3.46. The maximum Gasteiger partial charge on any atom is 0.0216 e. The van der Waals surface area contributed by atoms with Gasteiger partial charge in [0.15, 0.2) is 0 Å². The van der Waals surface area contributed by atoms with E-state index in [2.05, 4.69) is 44.9 Å². The van der Waals surface area contributed by atoms with Crippen molar-refractivity contribution in [1.82, 2.24) is 9.80 Å². The molecule has 0 aliphatic heterocycles. The second-order valence-corrected chi connectivity index (χ2v) is 5.44. The largest absolute Gasteiger partial charge is 0.308 e. The summed E-state index contributed by atoms with van der Waals surface area (Å²) in [5.41, 5.74) is 0. The van der Waals surface area contributed by atoms with Crippen molar-refractivity contribution in [3.05, 3.63) is 0 Å². The van der Waals surface area contributed by atoms with Gasteiger partial charge in [-0.3, -0.25) is 0 Å². The standard InChI is InChI=1S/C14H32N2/c1-6-7-8-9-10-11-12-14(16(4)5)13-15(2)3/h14H,6-13H2,1-5H3/t14-/m0/s1. The van der Waals surface area contributed by atoms with Crippen LogP contribution in [-0.2, 0) is 0 Å². The van der Waals surface area contributed by atoms with E-state index in [1.807, 2.05) is 0 Å². The Morgan fingerprint density at radius 3 is 1.88 bits per heavy atom. The van der Waals surface area contributed by atoms with Crippen molar-refractivity contribution in [1.29, 1.82) is 0 Å². The smallest absolute Gasteiger partial charge is 0.0216 e. The summed E-state index contributed by atoms with van der Waals surface area (Å²) in [4.78, 5) is 4.66. The summed E-state index contributed by atoms with van der Waals surface area (Å²) in [6, 6.07) is 0.723. The van der Waals surface area contributed by atoms with Gasteiger partial charge in [0, 0.05) is 12.6 Å². The predicted octanol–water partition coefficient (Wildman–Crippen LogP) is 3.23. The fourth-order valence-electron chi connectivity index (χ4n) is 2.09. The third-order valence-corrected chi connectivity index (χ3v) is 3.20. The van der Waals surface area contributed by atoms with Crippen LogP contribution in [0.25, 0.3) is 0 Å². The Labute approximate surface area is 103 Å². The van der Waals surface area contributed by atoms with Crippen molar-refractivity contribution in [3.63, 3.8) is 0 Å². The van der Waals surface area contributed by atoms with Crippen LogP contribution < -0.4 is 0 Å². The Morgan fingerprint density at radius 1 is 0.812 bits per heavy atom. The predicted molar refractivity (Wildman–Crippen MR) is 74.0 cm³/mol. The summed E-state index contributed by atoms with van der Waals surface area (Å²) in [6.07, 6.45) is 9.76. The molecule has 0 aromatic rings. The zero-order valence-corrected chi connectivity index (χ0v) is 12.1. The summed E-state index contributed by atoms with van der Waals surface area (Å²) in [7, 11) is 8.73. The van der Waals surface area contributed by atoms with Crippen LogP contribution in [-0.4, -0.2) is 50.6 Å². The number of nitrogens with zero attached hydrogens (tertiary/aromatic N) is 2. The molecule has 98 valence electrons. The minimum atomic E-state index is 0.723. The quantitative estimate of drug-likeness (QED) is 0.530. The molecule has 0 radical (unpaired) electrons. The molecule has 0 amide bonds. The molecule has 2 nitrogen and oxygen atoms in total. The zero-order valence-electron chi connectivity index (χ0n) is 12.1. The van der Waals surface area contributed by atoms with Gasteiger partial charge in [0.2, 0.25) is 0 Å². The van der Waals surface area contributed by atoms with E-state index < -0.39 is 0 Å². The second kappa shape index (κ2) is 10.1. The normalized spacial score (nSPS) is 13.7. The number of hydrogen-bond acceptors (Lipinski definition) is 2. The first kappa shape index (κ1) is 15.9. The molecule has 0 N–H and O–H groups in total. The summed E-state index contributed by atoms with van der Waals surface area (Å²) in [5.74, 6) is 0. The topological polar surface area (TPSA) is 6.48 Å². The van der Waals surface area contributed by atoms with Gasteiger partial charge in [-0.25, -0.2) is 0 Å². The number of unbranched alkanes of at least 4 members (excludes halogenated alkanes) is 5. The molecule has 0 rings (SSSR count). The lowest BCUT2D eigenvalue weighted by Gasteiger charge is -2.27. The molecule has 0 aromatic carbocycles. The molecule has 0 heterocycles. The van der Waals surface area contributed by atoms with E-state index in [9.17, 15) is 0 Å². The highest BCUT2D eigenvalue weighted by molar-refractivity contribution is 4.68. The summed E-state index contributed by atoms with van der Waals surface area (Å²) >= 11 is 0. The third kappa shape index (κ3) is 9.17. The highest BCUT2D eigenvalue weighted by atomic mass is 15.2. The van der Waals surface area contributed by atoms with Crippen molar-refractivity contribution >= 4 is 0 Å². The summed E-state index contributed by atoms with van der Waals surface area (Å²) in [5, 5.41) is 0. The maximum absolute atomic E-state index is 2.37. The molecule has 0 aliphatic rings. The highest BCUT2D eigenvalue weighted by Crippen LogP contribution is 2.11. The molecule has 0 unspecified atom stereocenters. The first-order valence-electron chi connectivity index (χ1n) is 6.89. The van der Waals surface area contributed by atoms with Gasteiger partial charge in [-0.15, -0.1) is 0 Å². The van der Waals surface area contributed by atoms with E-state index in [-0.39, 0.29) is 0 Å². The van der Waals surface area contributed by atoms with Crippen molar-refractivity contribution in [2.24, 2.45) is 0 Å². The number of rotatable bonds is 10. The van der Waals surface area contributed by atoms with Crippen LogP contribution in [0.15, 0.2) is 0 Å². The van der Waals surface area contributed by atoms with E-state index in [0.717, 1.165) is 6.04 Å². The number of likely N-dealkylation sites (N-methyl/N-ethyl adjacent to an activating group) is 2. The fourth-order valence-corrected chi connectivity index (χ4v) is 2.09. The molecule has 0 saturated carbocycles. The summed E-state index contributed by atoms with van der Waals surface area (Å²) < 4.78 is 0. The average Bonchev–Trinajstić information content (AvgIpc) is 2.20. The monoisotopic (exact) mass is 228 g/mol. The minimum Gasteiger partial charge on any atom is -0.308 e. The highest BCUT2D eigenvalue weighted by Gasteiger charge is 2.11. The van der Waals surface area contributed by atoms with E-state index in [1.54, 1.807) is 0 Å². The van der Waals surface area contributed by atoms with Crippen molar-refractivity contribution in [2.75, 3.05) is 34.7 Å². The van der Waals surface area contributed by atoms with Crippen molar-refractivity contribution in [3.8, 4) is 0 Å². The minimum absolute atomic E-state index is 0.723. The molecule has 2 heteroatoms. The third-order valence-electron chi connectivity index (χ3n) is 3.20. The Morgan fingerprint density at radius 2 is 1.38 bits per heavy atom. The van der Waals surface area contributed by atoms with Gasteiger partial charge >= 0.3 is 0 Å². The van der Waals surface area contributed by atoms with E-state index in [0.29, 0.717) is 0 Å². The molecular weight excluding hydrogens is 196 g/mol. The first-order chi connectivity index (χ1) is 7.57. The van der Waals surface area contributed by atoms with Crippen LogP contribution in [0, 0.1) is 0 Å². The Bertz CT molecular complexity index is 144. The Balaban J connectivity index is 3.52. The van der Waals surface area contributed by atoms with Crippen LogP contribution in [0.5, 0.6) is 0 Å². The molecule has 0 spiro atoms. The van der Waals surface area contributed by atoms with Gasteiger partial charge in [-0.2, -0.15) is 0 Å². The molecule has 1 atom stereocenters. The van der Waals surface area contributed by atoms with E-state index >= 15 is 0 Å². The lowest BCUT2D eigenvalue weighted by molar-refractivity contribution is 0.213. The maximum atomic E-state index is 2.37. The molecule has 16 heavy (non-hydrogen) atoms. The van der Waals surface area contributed by atoms with Gasteiger partial charge in [0.25, 0.3) is 0 Å². The SMILES string of the molecule is CCCCCCCC[C@@H](CN(C)C)N(C)C. The van der Waals surface area contributed by atoms with Crippen molar-refractivity contribution < 1.29 is 0 Å². The lowest BCUT2D eigenvalue weighted by atomic mass is 10.0. The lowest BCUT2D eigenvalue weighted by Crippen LogP contribution is -2.37. The van der Waals surface area contributed by atoms with Crippen LogP contribution in [0.1, 0.15) is 51.9 Å². The van der Waals surface area contributed by atoms with Gasteiger partial charge < -0.3 is 9.80 Å². The fraction of sp³-hybridized carbons (Fsp3) is 1.00. The zero-order chi connectivity index (χ0) is 12.4. The van der Waals surface area contributed by atoms with Gasteiger partial charge in [-0.1, -0.05) is 45.4 Å². The van der Waals surface area contributed by atoms with Crippen LogP contribution in [0.3, 0.4) is 0 Å². The Kier molecular flexibility index (Phi) is 10.0. The Hall–Kier alpha value is -0.0800. The molecule has 0 fully saturated rings. The average molecular weight is 228 g/mol. The molecule has 0 saturated heterocycles. The number of hydrogen-bond donors (Lipinski definition) is 0. The van der Waals surface area contributed by atoms with Gasteiger partial charge in [-0.05, 0) is 34.6 Å². The first-order valence-corrected chi connectivity index (χ1v) is 6.89. The van der Waals surface area contributed by atoms with E-state index in [4.69, 9.17) is 0 Å². The second-order valence-electron chi connectivity index (χ2n) is 5.44. The molecule has 0 aromatic heterocycles. The molecular formula is C14H32N2. The van der Waals surface area contributed by atoms with E-state index in [1.165, 1.54) is 51.5 Å². The molecule has 0 bridgehead atoms. The van der Waals surface area contributed by atoms with Crippen LogP contribution in [0.2, 0.25) is 0 Å². The van der Waals surface area contributed by atoms with Gasteiger partial charge in [0.1, 0.15) is 0 Å². The molecule has 0 aliphatic carbocycles.